The minimum Gasteiger partial charge on any atom is -0.491 e. The van der Waals surface area contributed by atoms with Crippen LogP contribution in [0.4, 0.5) is 0 Å². The lowest BCUT2D eigenvalue weighted by Crippen LogP contribution is -2.40. The summed E-state index contributed by atoms with van der Waals surface area (Å²) in [6.45, 7) is 9.37. The molecule has 0 radical (unpaired) electrons. The van der Waals surface area contributed by atoms with Gasteiger partial charge in [0, 0.05) is 31.2 Å². The lowest BCUT2D eigenvalue weighted by atomic mass is 9.94. The van der Waals surface area contributed by atoms with Crippen LogP contribution in [0.5, 0.6) is 5.75 Å². The molecule has 0 heterocycles. The summed E-state index contributed by atoms with van der Waals surface area (Å²) in [5.41, 5.74) is 0.129. The zero-order valence-corrected chi connectivity index (χ0v) is 18.6. The van der Waals surface area contributed by atoms with Crippen molar-refractivity contribution in [3.63, 3.8) is 0 Å². The molecule has 1 aromatic rings. The van der Waals surface area contributed by atoms with Gasteiger partial charge >= 0.3 is 0 Å². The van der Waals surface area contributed by atoms with Gasteiger partial charge in [-0.2, -0.15) is 0 Å². The molecule has 0 unspecified atom stereocenters. The quantitative estimate of drug-likeness (QED) is 0.404. The fourth-order valence-electron chi connectivity index (χ4n) is 4.23. The third-order valence-electron chi connectivity index (χ3n) is 5.92. The Balaban J connectivity index is 1.82. The maximum atomic E-state index is 10.7. The summed E-state index contributed by atoms with van der Waals surface area (Å²) >= 11 is 0. The van der Waals surface area contributed by atoms with Gasteiger partial charge in [-0.1, -0.05) is 49.6 Å². The average molecular weight is 417 g/mol. The maximum Gasteiger partial charge on any atom is 0.123 e. The highest BCUT2D eigenvalue weighted by Gasteiger charge is 2.23. The molecular formula is C25H40N2O3. The van der Waals surface area contributed by atoms with E-state index in [1.165, 1.54) is 32.1 Å². The van der Waals surface area contributed by atoms with Crippen molar-refractivity contribution >= 4 is 0 Å². The highest BCUT2D eigenvalue weighted by atomic mass is 16.5. The van der Waals surface area contributed by atoms with E-state index in [1.807, 2.05) is 24.3 Å². The van der Waals surface area contributed by atoms with E-state index < -0.39 is 11.7 Å². The Bertz CT molecular complexity index is 633. The van der Waals surface area contributed by atoms with E-state index in [2.05, 4.69) is 30.4 Å². The number of benzene rings is 1. The predicted molar refractivity (Wildman–Crippen MR) is 124 cm³/mol. The Labute approximate surface area is 182 Å². The first-order valence-electron chi connectivity index (χ1n) is 11.2. The summed E-state index contributed by atoms with van der Waals surface area (Å²) in [6.07, 6.45) is 10.3. The molecule has 5 heteroatoms. The smallest absolute Gasteiger partial charge is 0.123 e. The van der Waals surface area contributed by atoms with Gasteiger partial charge in [0.2, 0.25) is 0 Å². The normalized spacial score (nSPS) is 16.4. The number of rotatable bonds is 14. The molecular weight excluding hydrogens is 376 g/mol. The van der Waals surface area contributed by atoms with Crippen LogP contribution in [-0.2, 0) is 6.54 Å². The van der Waals surface area contributed by atoms with E-state index in [1.54, 1.807) is 12.2 Å². The zero-order chi connectivity index (χ0) is 21.8. The van der Waals surface area contributed by atoms with E-state index in [-0.39, 0.29) is 6.61 Å². The van der Waals surface area contributed by atoms with Crippen LogP contribution >= 0.6 is 0 Å². The molecule has 0 saturated heterocycles. The molecule has 1 aliphatic rings. The molecule has 0 bridgehead atoms. The number of nitrogens with one attached hydrogen (secondary N) is 1. The summed E-state index contributed by atoms with van der Waals surface area (Å²) in [7, 11) is 2.10. The van der Waals surface area contributed by atoms with Gasteiger partial charge < -0.3 is 25.2 Å². The number of likely N-dealkylation sites (N-methyl/N-ethyl adjacent to an activating group) is 1. The van der Waals surface area contributed by atoms with E-state index in [9.17, 15) is 10.2 Å². The molecule has 0 spiro atoms. The van der Waals surface area contributed by atoms with Crippen molar-refractivity contribution < 1.29 is 14.9 Å². The predicted octanol–water partition coefficient (Wildman–Crippen LogP) is 3.66. The van der Waals surface area contributed by atoms with Gasteiger partial charge in [0.15, 0.2) is 0 Å². The van der Waals surface area contributed by atoms with Crippen molar-refractivity contribution in [1.29, 1.82) is 0 Å². The molecule has 168 valence electrons. The van der Waals surface area contributed by atoms with Crippen LogP contribution in [-0.4, -0.2) is 59.6 Å². The Morgan fingerprint density at radius 1 is 1.20 bits per heavy atom. The molecule has 1 aromatic carbocycles. The summed E-state index contributed by atoms with van der Waals surface area (Å²) in [5, 5.41) is 24.4. The molecule has 0 aliphatic heterocycles. The van der Waals surface area contributed by atoms with Gasteiger partial charge in [0.1, 0.15) is 18.5 Å². The molecule has 1 aliphatic carbocycles. The molecule has 5 nitrogen and oxygen atoms in total. The van der Waals surface area contributed by atoms with Crippen molar-refractivity contribution in [2.75, 3.05) is 26.7 Å². The number of aliphatic hydroxyl groups is 2. The van der Waals surface area contributed by atoms with Gasteiger partial charge in [-0.3, -0.25) is 0 Å². The van der Waals surface area contributed by atoms with E-state index in [0.717, 1.165) is 11.3 Å². The van der Waals surface area contributed by atoms with Gasteiger partial charge in [-0.05, 0) is 38.8 Å². The molecule has 0 aromatic heterocycles. The van der Waals surface area contributed by atoms with Crippen LogP contribution < -0.4 is 10.1 Å². The first kappa shape index (κ1) is 24.6. The first-order valence-corrected chi connectivity index (χ1v) is 11.2. The highest BCUT2D eigenvalue weighted by Crippen LogP contribution is 2.22. The van der Waals surface area contributed by atoms with Crippen molar-refractivity contribution in [2.45, 2.75) is 69.2 Å². The van der Waals surface area contributed by atoms with Gasteiger partial charge in [-0.25, -0.2) is 0 Å². The van der Waals surface area contributed by atoms with Gasteiger partial charge in [0.05, 0.1) is 5.60 Å². The molecule has 1 saturated carbocycles. The molecule has 1 fully saturated rings. The maximum absolute atomic E-state index is 10.7. The average Bonchev–Trinajstić information content (AvgIpc) is 2.74. The largest absolute Gasteiger partial charge is 0.491 e. The second-order valence-electron chi connectivity index (χ2n) is 8.62. The van der Waals surface area contributed by atoms with Crippen LogP contribution in [0.1, 0.15) is 50.5 Å². The zero-order valence-electron chi connectivity index (χ0n) is 18.6. The van der Waals surface area contributed by atoms with E-state index in [4.69, 9.17) is 4.74 Å². The fraction of sp³-hybridized carbons (Fsp3) is 0.600. The number of para-hydroxylation sites is 1. The van der Waals surface area contributed by atoms with E-state index in [0.29, 0.717) is 38.5 Å². The van der Waals surface area contributed by atoms with Crippen molar-refractivity contribution in [1.82, 2.24) is 10.2 Å². The first-order chi connectivity index (χ1) is 14.5. The lowest BCUT2D eigenvalue weighted by Gasteiger charge is -2.32. The SMILES string of the molecule is C=CCC(O)(CC=C)CNCc1ccccc1OC[C@@H](O)CN(C)C1CCCCC1. The molecule has 3 N–H and O–H groups in total. The molecule has 0 amide bonds. The number of ether oxygens (including phenoxy) is 1. The lowest BCUT2D eigenvalue weighted by molar-refractivity contribution is 0.0458. The van der Waals surface area contributed by atoms with Crippen molar-refractivity contribution in [3.8, 4) is 5.75 Å². The second-order valence-corrected chi connectivity index (χ2v) is 8.62. The van der Waals surface area contributed by atoms with E-state index >= 15 is 0 Å². The Morgan fingerprint density at radius 2 is 1.87 bits per heavy atom. The van der Waals surface area contributed by atoms with Crippen molar-refractivity contribution in [2.24, 2.45) is 0 Å². The molecule has 30 heavy (non-hydrogen) atoms. The molecule has 1 atom stereocenters. The third kappa shape index (κ3) is 8.23. The van der Waals surface area contributed by atoms with Gasteiger partial charge in [-0.15, -0.1) is 13.2 Å². The topological polar surface area (TPSA) is 65.0 Å². The summed E-state index contributed by atoms with van der Waals surface area (Å²) < 4.78 is 5.95. The Morgan fingerprint density at radius 3 is 2.53 bits per heavy atom. The third-order valence-corrected chi connectivity index (χ3v) is 5.92. The number of aliphatic hydroxyl groups excluding tert-OH is 1. The summed E-state index contributed by atoms with van der Waals surface area (Å²) in [5.74, 6) is 0.764. The number of hydrogen-bond donors (Lipinski definition) is 3. The van der Waals surface area contributed by atoms with Crippen LogP contribution in [0.2, 0.25) is 0 Å². The highest BCUT2D eigenvalue weighted by molar-refractivity contribution is 5.33. The van der Waals surface area contributed by atoms with Crippen LogP contribution in [0, 0.1) is 0 Å². The Kier molecular flexibility index (Phi) is 10.6. The second kappa shape index (κ2) is 12.9. The van der Waals surface area contributed by atoms with Crippen LogP contribution in [0.25, 0.3) is 0 Å². The molecule has 2 rings (SSSR count). The number of hydrogen-bond acceptors (Lipinski definition) is 5. The summed E-state index contributed by atoms with van der Waals surface area (Å²) in [4.78, 5) is 2.28. The minimum atomic E-state index is -0.876. The van der Waals surface area contributed by atoms with Crippen LogP contribution in [0.15, 0.2) is 49.6 Å². The number of nitrogens with zero attached hydrogens (tertiary/aromatic N) is 1. The standard InChI is InChI=1S/C25H40N2O3/c1-4-15-25(29,16-5-2)20-26-17-21-11-9-10-14-24(21)30-19-23(28)18-27(3)22-12-7-6-8-13-22/h4-5,9-11,14,22-23,26,28-29H,1-2,6-8,12-13,15-20H2,3H3/t23-/m0/s1. The van der Waals surface area contributed by atoms with Crippen LogP contribution in [0.3, 0.4) is 0 Å². The van der Waals surface area contributed by atoms with Crippen molar-refractivity contribution in [3.05, 3.63) is 55.1 Å². The fourth-order valence-corrected chi connectivity index (χ4v) is 4.23. The minimum absolute atomic E-state index is 0.269. The summed E-state index contributed by atoms with van der Waals surface area (Å²) in [6, 6.07) is 8.41. The van der Waals surface area contributed by atoms with Gasteiger partial charge in [0.25, 0.3) is 0 Å². The Hall–Kier alpha value is -1.66. The monoisotopic (exact) mass is 416 g/mol.